The summed E-state index contributed by atoms with van der Waals surface area (Å²) in [7, 11) is 0. The van der Waals surface area contributed by atoms with Crippen LogP contribution >= 0.6 is 0 Å². The Morgan fingerprint density at radius 1 is 1.43 bits per heavy atom. The van der Waals surface area contributed by atoms with E-state index in [0.717, 1.165) is 11.1 Å². The minimum absolute atomic E-state index is 0.185. The van der Waals surface area contributed by atoms with E-state index in [4.69, 9.17) is 9.63 Å². The van der Waals surface area contributed by atoms with Crippen molar-refractivity contribution in [2.45, 2.75) is 20.4 Å². The first-order chi connectivity index (χ1) is 10.1. The highest BCUT2D eigenvalue weighted by Gasteiger charge is 2.09. The second-order valence-corrected chi connectivity index (χ2v) is 4.41. The van der Waals surface area contributed by atoms with E-state index < -0.39 is 0 Å². The molecule has 0 atom stereocenters. The number of aromatic nitrogens is 2. The lowest BCUT2D eigenvalue weighted by molar-refractivity contribution is 0.0946. The van der Waals surface area contributed by atoms with Gasteiger partial charge in [-0.3, -0.25) is 4.79 Å². The lowest BCUT2D eigenvalue weighted by Gasteiger charge is -2.05. The lowest BCUT2D eigenvalue weighted by Crippen LogP contribution is -2.23. The third-order valence-electron chi connectivity index (χ3n) is 2.76. The topological polar surface area (TPSA) is 88.2 Å². The monoisotopic (exact) mass is 285 g/mol. The van der Waals surface area contributed by atoms with Crippen molar-refractivity contribution in [3.8, 4) is 11.8 Å². The van der Waals surface area contributed by atoms with E-state index in [-0.39, 0.29) is 19.1 Å². The highest BCUT2D eigenvalue weighted by molar-refractivity contribution is 5.94. The Morgan fingerprint density at radius 2 is 2.24 bits per heavy atom. The standard InChI is InChI=1S/C15H15N3O3/c1-10-8-13(6-5-12(10)4-3-7-19)15(20)16-9-14-17-11(2)18-21-14/h5-6,8,19H,7,9H2,1-2H3,(H,16,20). The fourth-order valence-corrected chi connectivity index (χ4v) is 1.75. The van der Waals surface area contributed by atoms with Crippen LogP contribution in [0.4, 0.5) is 0 Å². The molecule has 0 aliphatic carbocycles. The number of aliphatic hydroxyl groups is 1. The second kappa shape index (κ2) is 6.68. The Hall–Kier alpha value is -2.65. The van der Waals surface area contributed by atoms with Crippen LogP contribution in [0.5, 0.6) is 0 Å². The molecule has 108 valence electrons. The van der Waals surface area contributed by atoms with Gasteiger partial charge in [0.05, 0.1) is 6.54 Å². The molecule has 1 aromatic heterocycles. The van der Waals surface area contributed by atoms with Crippen molar-refractivity contribution in [1.29, 1.82) is 0 Å². The molecule has 2 N–H and O–H groups in total. The van der Waals surface area contributed by atoms with Crippen LogP contribution in [-0.4, -0.2) is 27.8 Å². The number of nitrogens with one attached hydrogen (secondary N) is 1. The second-order valence-electron chi connectivity index (χ2n) is 4.41. The molecule has 0 unspecified atom stereocenters. The summed E-state index contributed by atoms with van der Waals surface area (Å²) in [5.74, 6) is 6.07. The fraction of sp³-hybridized carbons (Fsp3) is 0.267. The van der Waals surface area contributed by atoms with Crippen molar-refractivity contribution in [3.05, 3.63) is 46.6 Å². The van der Waals surface area contributed by atoms with Crippen molar-refractivity contribution < 1.29 is 14.4 Å². The third kappa shape index (κ3) is 3.91. The fourth-order valence-electron chi connectivity index (χ4n) is 1.75. The molecule has 21 heavy (non-hydrogen) atoms. The van der Waals surface area contributed by atoms with Crippen molar-refractivity contribution in [1.82, 2.24) is 15.5 Å². The summed E-state index contributed by atoms with van der Waals surface area (Å²) < 4.78 is 4.92. The number of carbonyl (C=O) groups excluding carboxylic acids is 1. The summed E-state index contributed by atoms with van der Waals surface area (Å²) in [6.45, 7) is 3.57. The van der Waals surface area contributed by atoms with Crippen LogP contribution in [0.3, 0.4) is 0 Å². The molecule has 6 nitrogen and oxygen atoms in total. The van der Waals surface area contributed by atoms with Crippen LogP contribution in [0, 0.1) is 25.7 Å². The minimum Gasteiger partial charge on any atom is -0.384 e. The zero-order chi connectivity index (χ0) is 15.2. The number of benzene rings is 1. The number of carbonyl (C=O) groups is 1. The first kappa shape index (κ1) is 14.8. The van der Waals surface area contributed by atoms with Crippen LogP contribution in [0.2, 0.25) is 0 Å². The number of rotatable bonds is 3. The third-order valence-corrected chi connectivity index (χ3v) is 2.76. The maximum absolute atomic E-state index is 12.0. The van der Waals surface area contributed by atoms with Crippen LogP contribution < -0.4 is 5.32 Å². The van der Waals surface area contributed by atoms with Gasteiger partial charge >= 0.3 is 0 Å². The minimum atomic E-state index is -0.226. The smallest absolute Gasteiger partial charge is 0.251 e. The van der Waals surface area contributed by atoms with E-state index in [1.165, 1.54) is 0 Å². The number of hydrogen-bond acceptors (Lipinski definition) is 5. The molecule has 0 saturated carbocycles. The first-order valence-electron chi connectivity index (χ1n) is 6.38. The average Bonchev–Trinajstić information content (AvgIpc) is 2.89. The summed E-state index contributed by atoms with van der Waals surface area (Å²) in [5.41, 5.74) is 2.18. The molecule has 2 rings (SSSR count). The number of aliphatic hydroxyl groups excluding tert-OH is 1. The number of aryl methyl sites for hydroxylation is 2. The summed E-state index contributed by atoms with van der Waals surface area (Å²) in [6, 6.07) is 5.18. The maximum Gasteiger partial charge on any atom is 0.251 e. The lowest BCUT2D eigenvalue weighted by atomic mass is 10.0. The molecule has 1 amide bonds. The van der Waals surface area contributed by atoms with Crippen molar-refractivity contribution >= 4 is 5.91 Å². The Balaban J connectivity index is 2.04. The first-order valence-corrected chi connectivity index (χ1v) is 6.38. The molecular formula is C15H15N3O3. The Bertz CT molecular complexity index is 710. The number of hydrogen-bond donors (Lipinski definition) is 2. The Kier molecular flexibility index (Phi) is 4.69. The van der Waals surface area contributed by atoms with Gasteiger partial charge in [0.1, 0.15) is 6.61 Å². The predicted molar refractivity (Wildman–Crippen MR) is 75.3 cm³/mol. The molecule has 0 saturated heterocycles. The quantitative estimate of drug-likeness (QED) is 0.820. The number of nitrogens with zero attached hydrogens (tertiary/aromatic N) is 2. The van der Waals surface area contributed by atoms with Gasteiger partial charge in [0.25, 0.3) is 5.91 Å². The highest BCUT2D eigenvalue weighted by Crippen LogP contribution is 2.10. The SMILES string of the molecule is Cc1noc(CNC(=O)c2ccc(C#CCO)c(C)c2)n1. The highest BCUT2D eigenvalue weighted by atomic mass is 16.5. The van der Waals surface area contributed by atoms with Gasteiger partial charge in [-0.2, -0.15) is 4.98 Å². The summed E-state index contributed by atoms with van der Waals surface area (Å²) in [6.07, 6.45) is 0. The van der Waals surface area contributed by atoms with Gasteiger partial charge in [0, 0.05) is 11.1 Å². The summed E-state index contributed by atoms with van der Waals surface area (Å²) in [5, 5.41) is 15.0. The normalized spacial score (nSPS) is 9.86. The molecule has 1 heterocycles. The maximum atomic E-state index is 12.0. The zero-order valence-corrected chi connectivity index (χ0v) is 11.8. The van der Waals surface area contributed by atoms with E-state index in [2.05, 4.69) is 27.3 Å². The Labute approximate surface area is 122 Å². The molecular weight excluding hydrogens is 270 g/mol. The van der Waals surface area contributed by atoms with Gasteiger partial charge in [-0.15, -0.1) is 0 Å². The largest absolute Gasteiger partial charge is 0.384 e. The summed E-state index contributed by atoms with van der Waals surface area (Å²) >= 11 is 0. The molecule has 0 radical (unpaired) electrons. The average molecular weight is 285 g/mol. The Morgan fingerprint density at radius 3 is 2.86 bits per heavy atom. The number of amides is 1. The molecule has 0 fully saturated rings. The van der Waals surface area contributed by atoms with Gasteiger partial charge in [0.15, 0.2) is 5.82 Å². The van der Waals surface area contributed by atoms with Crippen LogP contribution in [0.25, 0.3) is 0 Å². The van der Waals surface area contributed by atoms with Gasteiger partial charge in [-0.05, 0) is 37.6 Å². The van der Waals surface area contributed by atoms with E-state index in [1.807, 2.05) is 6.92 Å². The molecule has 0 spiro atoms. The van der Waals surface area contributed by atoms with Crippen LogP contribution in [-0.2, 0) is 6.54 Å². The van der Waals surface area contributed by atoms with E-state index >= 15 is 0 Å². The molecule has 0 aliphatic rings. The van der Waals surface area contributed by atoms with Crippen LogP contribution in [0.1, 0.15) is 33.2 Å². The zero-order valence-electron chi connectivity index (χ0n) is 11.8. The molecule has 0 aliphatic heterocycles. The molecule has 2 aromatic rings. The van der Waals surface area contributed by atoms with Crippen molar-refractivity contribution in [3.63, 3.8) is 0 Å². The van der Waals surface area contributed by atoms with E-state index in [9.17, 15) is 4.79 Å². The van der Waals surface area contributed by atoms with Crippen molar-refractivity contribution in [2.75, 3.05) is 6.61 Å². The molecule has 1 aromatic carbocycles. The molecule has 6 heteroatoms. The van der Waals surface area contributed by atoms with Crippen molar-refractivity contribution in [2.24, 2.45) is 0 Å². The molecule has 0 bridgehead atoms. The van der Waals surface area contributed by atoms with Gasteiger partial charge in [0.2, 0.25) is 5.89 Å². The van der Waals surface area contributed by atoms with Gasteiger partial charge in [-0.25, -0.2) is 0 Å². The van der Waals surface area contributed by atoms with Crippen LogP contribution in [0.15, 0.2) is 22.7 Å². The van der Waals surface area contributed by atoms with Gasteiger partial charge < -0.3 is 14.9 Å². The van der Waals surface area contributed by atoms with E-state index in [0.29, 0.717) is 17.3 Å². The van der Waals surface area contributed by atoms with Gasteiger partial charge in [-0.1, -0.05) is 17.0 Å². The predicted octanol–water partition coefficient (Wildman–Crippen LogP) is 0.960. The summed E-state index contributed by atoms with van der Waals surface area (Å²) in [4.78, 5) is 16.0. The van der Waals surface area contributed by atoms with E-state index in [1.54, 1.807) is 25.1 Å².